The molecule has 0 bridgehead atoms. The topological polar surface area (TPSA) is 55.1 Å². The minimum atomic E-state index is -0.813. The van der Waals surface area contributed by atoms with Gasteiger partial charge in [0.2, 0.25) is 0 Å². The second-order valence-electron chi connectivity index (χ2n) is 4.07. The predicted molar refractivity (Wildman–Crippen MR) is 66.4 cm³/mol. The molecule has 4 nitrogen and oxygen atoms in total. The van der Waals surface area contributed by atoms with Crippen molar-refractivity contribution in [1.29, 1.82) is 0 Å². The number of halogens is 1. The molecule has 0 radical (unpaired) electrons. The number of aliphatic carboxylic acids is 1. The number of fused-ring (bicyclic) bond motifs is 1. The number of benzene rings is 1. The lowest BCUT2D eigenvalue weighted by Gasteiger charge is -2.01. The van der Waals surface area contributed by atoms with Gasteiger partial charge in [-0.1, -0.05) is 11.6 Å². The first-order valence-corrected chi connectivity index (χ1v) is 5.70. The second kappa shape index (κ2) is 4.37. The van der Waals surface area contributed by atoms with Gasteiger partial charge in [0.1, 0.15) is 5.82 Å². The van der Waals surface area contributed by atoms with Crippen molar-refractivity contribution in [2.45, 2.75) is 19.8 Å². The number of carboxylic acid groups (broad SMARTS) is 1. The molecule has 90 valence electrons. The van der Waals surface area contributed by atoms with Crippen molar-refractivity contribution in [1.82, 2.24) is 9.55 Å². The van der Waals surface area contributed by atoms with Gasteiger partial charge < -0.3 is 9.67 Å². The summed E-state index contributed by atoms with van der Waals surface area (Å²) in [4.78, 5) is 15.0. The largest absolute Gasteiger partial charge is 0.481 e. The highest BCUT2D eigenvalue weighted by molar-refractivity contribution is 6.31. The first-order chi connectivity index (χ1) is 7.99. The third kappa shape index (κ3) is 2.26. The number of hydrogen-bond acceptors (Lipinski definition) is 2. The van der Waals surface area contributed by atoms with Gasteiger partial charge in [0.15, 0.2) is 0 Å². The van der Waals surface area contributed by atoms with Crippen LogP contribution in [0.3, 0.4) is 0 Å². The Morgan fingerprint density at radius 1 is 1.53 bits per heavy atom. The van der Waals surface area contributed by atoms with Gasteiger partial charge in [-0.05, 0) is 24.6 Å². The van der Waals surface area contributed by atoms with E-state index in [0.717, 1.165) is 22.4 Å². The Bertz CT molecular complexity index is 590. The third-order valence-electron chi connectivity index (χ3n) is 2.80. The zero-order valence-electron chi connectivity index (χ0n) is 9.70. The maximum Gasteiger partial charge on any atom is 0.303 e. The lowest BCUT2D eigenvalue weighted by Crippen LogP contribution is -2.03. The van der Waals surface area contributed by atoms with Crippen molar-refractivity contribution < 1.29 is 9.90 Å². The highest BCUT2D eigenvalue weighted by Gasteiger charge is 2.11. The molecule has 17 heavy (non-hydrogen) atoms. The Kier molecular flexibility index (Phi) is 3.07. The van der Waals surface area contributed by atoms with Gasteiger partial charge >= 0.3 is 5.97 Å². The molecule has 2 aromatic rings. The van der Waals surface area contributed by atoms with Gasteiger partial charge in [-0.3, -0.25) is 4.79 Å². The van der Waals surface area contributed by atoms with E-state index in [2.05, 4.69) is 4.98 Å². The number of hydrogen-bond donors (Lipinski definition) is 1. The van der Waals surface area contributed by atoms with Gasteiger partial charge in [-0.25, -0.2) is 4.98 Å². The van der Waals surface area contributed by atoms with E-state index in [1.54, 1.807) is 0 Å². The number of rotatable bonds is 3. The summed E-state index contributed by atoms with van der Waals surface area (Å²) in [5, 5.41) is 9.35. The molecule has 0 unspecified atom stereocenters. The summed E-state index contributed by atoms with van der Waals surface area (Å²) < 4.78 is 1.90. The van der Waals surface area contributed by atoms with Crippen LogP contribution in [0.5, 0.6) is 0 Å². The lowest BCUT2D eigenvalue weighted by atomic mass is 10.2. The Morgan fingerprint density at radius 2 is 2.24 bits per heavy atom. The number of imidazole rings is 1. The zero-order chi connectivity index (χ0) is 12.6. The Morgan fingerprint density at radius 3 is 2.88 bits per heavy atom. The molecule has 0 saturated carbocycles. The SMILES string of the molecule is Cc1cc(Cl)cc2c1nc(CCC(=O)O)n2C. The summed E-state index contributed by atoms with van der Waals surface area (Å²) >= 11 is 6.00. The van der Waals surface area contributed by atoms with Crippen LogP contribution in [0.1, 0.15) is 17.8 Å². The minimum Gasteiger partial charge on any atom is -0.481 e. The number of carboxylic acids is 1. The van der Waals surface area contributed by atoms with Crippen molar-refractivity contribution >= 4 is 28.6 Å². The molecule has 0 saturated heterocycles. The van der Waals surface area contributed by atoms with Crippen LogP contribution in [0, 0.1) is 6.92 Å². The molecule has 1 aromatic heterocycles. The first-order valence-electron chi connectivity index (χ1n) is 5.32. The third-order valence-corrected chi connectivity index (χ3v) is 3.02. The molecule has 0 fully saturated rings. The maximum absolute atomic E-state index is 10.6. The van der Waals surface area contributed by atoms with E-state index in [0.29, 0.717) is 11.4 Å². The van der Waals surface area contributed by atoms with Crippen LogP contribution >= 0.6 is 11.6 Å². The van der Waals surface area contributed by atoms with E-state index >= 15 is 0 Å². The van der Waals surface area contributed by atoms with E-state index in [-0.39, 0.29) is 6.42 Å². The van der Waals surface area contributed by atoms with Gasteiger partial charge in [-0.2, -0.15) is 0 Å². The lowest BCUT2D eigenvalue weighted by molar-refractivity contribution is -0.137. The van der Waals surface area contributed by atoms with Crippen molar-refractivity contribution in [3.05, 3.63) is 28.5 Å². The molecule has 0 atom stereocenters. The molecular formula is C12H13ClN2O2. The van der Waals surface area contributed by atoms with Crippen LogP contribution in [0.2, 0.25) is 5.02 Å². The average Bonchev–Trinajstić information content (AvgIpc) is 2.54. The van der Waals surface area contributed by atoms with Gasteiger partial charge in [0.05, 0.1) is 17.5 Å². The normalized spacial score (nSPS) is 11.0. The van der Waals surface area contributed by atoms with Crippen molar-refractivity contribution in [3.8, 4) is 0 Å². The highest BCUT2D eigenvalue weighted by Crippen LogP contribution is 2.24. The molecule has 2 rings (SSSR count). The molecule has 0 amide bonds. The number of aryl methyl sites for hydroxylation is 3. The van der Waals surface area contributed by atoms with Gasteiger partial charge in [-0.15, -0.1) is 0 Å². The van der Waals surface area contributed by atoms with Crippen molar-refractivity contribution in [3.63, 3.8) is 0 Å². The van der Waals surface area contributed by atoms with Gasteiger partial charge in [0, 0.05) is 18.5 Å². The van der Waals surface area contributed by atoms with Crippen LogP contribution in [-0.2, 0) is 18.3 Å². The van der Waals surface area contributed by atoms with Gasteiger partial charge in [0.25, 0.3) is 0 Å². The van der Waals surface area contributed by atoms with E-state index in [9.17, 15) is 4.79 Å². The zero-order valence-corrected chi connectivity index (χ0v) is 10.5. The summed E-state index contributed by atoms with van der Waals surface area (Å²) in [5.74, 6) is -0.0421. The summed E-state index contributed by atoms with van der Waals surface area (Å²) in [5.41, 5.74) is 2.83. The predicted octanol–water partition coefficient (Wildman–Crippen LogP) is 2.55. The smallest absolute Gasteiger partial charge is 0.303 e. The van der Waals surface area contributed by atoms with Crippen LogP contribution < -0.4 is 0 Å². The molecule has 5 heteroatoms. The monoisotopic (exact) mass is 252 g/mol. The molecule has 0 aliphatic heterocycles. The van der Waals surface area contributed by atoms with Crippen molar-refractivity contribution in [2.24, 2.45) is 7.05 Å². The van der Waals surface area contributed by atoms with Crippen molar-refractivity contribution in [2.75, 3.05) is 0 Å². The van der Waals surface area contributed by atoms with E-state index in [1.807, 2.05) is 30.7 Å². The van der Waals surface area contributed by atoms with Crippen LogP contribution in [0.25, 0.3) is 11.0 Å². The minimum absolute atomic E-state index is 0.0872. The van der Waals surface area contributed by atoms with E-state index in [1.165, 1.54) is 0 Å². The standard InChI is InChI=1S/C12H13ClN2O2/c1-7-5-8(13)6-9-12(7)14-10(15(9)2)3-4-11(16)17/h5-6H,3-4H2,1-2H3,(H,16,17). The summed E-state index contributed by atoms with van der Waals surface area (Å²) in [6, 6.07) is 3.71. The number of aromatic nitrogens is 2. The first kappa shape index (κ1) is 11.9. The number of carbonyl (C=O) groups is 1. The Balaban J connectivity index is 2.49. The second-order valence-corrected chi connectivity index (χ2v) is 4.51. The Labute approximate surface area is 104 Å². The average molecular weight is 253 g/mol. The van der Waals surface area contributed by atoms with E-state index in [4.69, 9.17) is 16.7 Å². The van der Waals surface area contributed by atoms with Crippen LogP contribution in [0.15, 0.2) is 12.1 Å². The summed E-state index contributed by atoms with van der Waals surface area (Å²) in [7, 11) is 1.88. The van der Waals surface area contributed by atoms with Crippen LogP contribution in [0.4, 0.5) is 0 Å². The molecule has 1 N–H and O–H groups in total. The molecule has 1 heterocycles. The molecule has 1 aromatic carbocycles. The maximum atomic E-state index is 10.6. The van der Waals surface area contributed by atoms with Crippen LogP contribution in [-0.4, -0.2) is 20.6 Å². The fourth-order valence-electron chi connectivity index (χ4n) is 1.90. The molecular weight excluding hydrogens is 240 g/mol. The Hall–Kier alpha value is -1.55. The highest BCUT2D eigenvalue weighted by atomic mass is 35.5. The quantitative estimate of drug-likeness (QED) is 0.913. The fourth-order valence-corrected chi connectivity index (χ4v) is 2.17. The van der Waals surface area contributed by atoms with E-state index < -0.39 is 5.97 Å². The molecule has 0 aliphatic rings. The molecule has 0 aliphatic carbocycles. The number of nitrogens with zero attached hydrogens (tertiary/aromatic N) is 2. The fraction of sp³-hybridized carbons (Fsp3) is 0.333. The summed E-state index contributed by atoms with van der Waals surface area (Å²) in [6.45, 7) is 1.95. The summed E-state index contributed by atoms with van der Waals surface area (Å²) in [6.07, 6.45) is 0.515. The molecule has 0 spiro atoms.